The predicted octanol–water partition coefficient (Wildman–Crippen LogP) is 2.27. The Morgan fingerprint density at radius 2 is 1.89 bits per heavy atom. The van der Waals surface area contributed by atoms with Gasteiger partial charge in [-0.25, -0.2) is 0 Å². The first-order valence-corrected chi connectivity index (χ1v) is 13.3. The van der Waals surface area contributed by atoms with Crippen LogP contribution in [0.15, 0.2) is 36.9 Å². The van der Waals surface area contributed by atoms with Crippen molar-refractivity contribution in [2.24, 2.45) is 11.8 Å². The molecule has 3 fully saturated rings. The molecule has 0 aliphatic carbocycles. The van der Waals surface area contributed by atoms with E-state index in [0.717, 1.165) is 18.8 Å². The summed E-state index contributed by atoms with van der Waals surface area (Å²) < 4.78 is 6.29. The quantitative estimate of drug-likeness (QED) is 0.332. The summed E-state index contributed by atoms with van der Waals surface area (Å²) in [5, 5.41) is 19.9. The lowest BCUT2D eigenvalue weighted by atomic mass is 9.70. The van der Waals surface area contributed by atoms with Gasteiger partial charge in [0.2, 0.25) is 5.91 Å². The van der Waals surface area contributed by atoms with Crippen LogP contribution in [0.1, 0.15) is 27.2 Å². The second-order valence-corrected chi connectivity index (χ2v) is 10.9. The molecule has 4 rings (SSSR count). The van der Waals surface area contributed by atoms with Crippen molar-refractivity contribution >= 4 is 45.1 Å². The van der Waals surface area contributed by atoms with Crippen LogP contribution in [0.3, 0.4) is 0 Å². The summed E-state index contributed by atoms with van der Waals surface area (Å²) in [6.07, 6.45) is 1.23. The Morgan fingerprint density at radius 1 is 1.28 bits per heavy atom. The molecule has 0 aromatic heterocycles. The van der Waals surface area contributed by atoms with Crippen LogP contribution in [0.25, 0.3) is 0 Å². The molecule has 1 spiro atoms. The Labute approximate surface area is 219 Å². The molecule has 2 bridgehead atoms. The highest BCUT2D eigenvalue weighted by Gasteiger charge is 2.77. The smallest absolute Gasteiger partial charge is 0.310 e. The van der Waals surface area contributed by atoms with Crippen LogP contribution in [0, 0.1) is 11.8 Å². The first kappa shape index (κ1) is 26.6. The van der Waals surface area contributed by atoms with E-state index < -0.39 is 47.5 Å². The van der Waals surface area contributed by atoms with E-state index in [4.69, 9.17) is 4.74 Å². The number of amides is 2. The molecule has 3 aliphatic heterocycles. The van der Waals surface area contributed by atoms with Crippen LogP contribution in [0.2, 0.25) is 0 Å². The highest BCUT2D eigenvalue weighted by molar-refractivity contribution is 9.09. The normalized spacial score (nSPS) is 31.3. The van der Waals surface area contributed by atoms with E-state index in [9.17, 15) is 24.6 Å². The molecule has 7 atom stereocenters. The van der Waals surface area contributed by atoms with Gasteiger partial charge in [0.15, 0.2) is 0 Å². The number of carbonyl (C=O) groups is 3. The van der Waals surface area contributed by atoms with Crippen LogP contribution in [0.4, 0.5) is 11.4 Å². The first-order valence-electron chi connectivity index (χ1n) is 12.4. The molecule has 0 saturated carbocycles. The second kappa shape index (κ2) is 10.1. The second-order valence-electron chi connectivity index (χ2n) is 9.71. The summed E-state index contributed by atoms with van der Waals surface area (Å²) in [6.45, 7) is 11.2. The number of carbonyl (C=O) groups excluding carboxylic acids is 2. The molecule has 9 nitrogen and oxygen atoms in total. The van der Waals surface area contributed by atoms with Gasteiger partial charge in [-0.2, -0.15) is 0 Å². The van der Waals surface area contributed by atoms with Crippen LogP contribution >= 0.6 is 15.9 Å². The Bertz CT molecular complexity index is 1030. The number of aliphatic hydroxyl groups is 1. The number of nitrogens with zero attached hydrogens (tertiary/aromatic N) is 3. The number of halogens is 1. The molecule has 3 unspecified atom stereocenters. The van der Waals surface area contributed by atoms with Crippen LogP contribution < -0.4 is 9.80 Å². The Morgan fingerprint density at radius 3 is 2.42 bits per heavy atom. The summed E-state index contributed by atoms with van der Waals surface area (Å²) in [5.74, 6) is -4.02. The van der Waals surface area contributed by atoms with E-state index in [1.54, 1.807) is 17.9 Å². The number of hydrogen-bond donors (Lipinski definition) is 2. The fourth-order valence-corrected chi connectivity index (χ4v) is 7.17. The predicted molar refractivity (Wildman–Crippen MR) is 139 cm³/mol. The number of aliphatic hydroxyl groups excluding tert-OH is 1. The van der Waals surface area contributed by atoms with Crippen molar-refractivity contribution < 1.29 is 29.3 Å². The molecule has 2 N–H and O–H groups in total. The van der Waals surface area contributed by atoms with Crippen molar-refractivity contribution in [2.75, 3.05) is 36.0 Å². The monoisotopic (exact) mass is 563 g/mol. The van der Waals surface area contributed by atoms with E-state index in [-0.39, 0.29) is 23.9 Å². The minimum atomic E-state index is -1.29. The number of ether oxygens (including phenoxy) is 1. The van der Waals surface area contributed by atoms with Crippen molar-refractivity contribution in [3.63, 3.8) is 0 Å². The fraction of sp³-hybridized carbons (Fsp3) is 0.577. The molecule has 1 aromatic rings. The molecule has 196 valence electrons. The lowest BCUT2D eigenvalue weighted by Crippen LogP contribution is -2.58. The third-order valence-electron chi connectivity index (χ3n) is 7.85. The minimum absolute atomic E-state index is 0.194. The maximum absolute atomic E-state index is 14.3. The van der Waals surface area contributed by atoms with Gasteiger partial charge in [-0.05, 0) is 51.5 Å². The van der Waals surface area contributed by atoms with Crippen LogP contribution in [-0.2, 0) is 19.1 Å². The van der Waals surface area contributed by atoms with E-state index in [2.05, 4.69) is 41.3 Å². The van der Waals surface area contributed by atoms with Crippen molar-refractivity contribution in [2.45, 2.75) is 55.8 Å². The number of anilines is 2. The fourth-order valence-electron chi connectivity index (χ4n) is 6.22. The Hall–Kier alpha value is -2.43. The number of alkyl halides is 1. The molecule has 3 heterocycles. The van der Waals surface area contributed by atoms with Gasteiger partial charge >= 0.3 is 5.97 Å². The van der Waals surface area contributed by atoms with Gasteiger partial charge in [-0.3, -0.25) is 14.4 Å². The zero-order valence-corrected chi connectivity index (χ0v) is 22.4. The molecule has 10 heteroatoms. The van der Waals surface area contributed by atoms with E-state index in [1.165, 1.54) is 4.90 Å². The zero-order valence-electron chi connectivity index (χ0n) is 20.8. The highest BCUT2D eigenvalue weighted by atomic mass is 79.9. The van der Waals surface area contributed by atoms with Crippen molar-refractivity contribution in [1.29, 1.82) is 0 Å². The largest absolute Gasteiger partial charge is 0.481 e. The van der Waals surface area contributed by atoms with E-state index >= 15 is 0 Å². The summed E-state index contributed by atoms with van der Waals surface area (Å²) >= 11 is 3.54. The number of rotatable bonds is 10. The third-order valence-corrected chi connectivity index (χ3v) is 8.70. The van der Waals surface area contributed by atoms with Gasteiger partial charge in [0.1, 0.15) is 11.6 Å². The first-order chi connectivity index (χ1) is 17.2. The number of likely N-dealkylation sites (tertiary alicyclic amines) is 1. The van der Waals surface area contributed by atoms with Crippen LogP contribution in [0.5, 0.6) is 0 Å². The van der Waals surface area contributed by atoms with Crippen molar-refractivity contribution in [3.8, 4) is 0 Å². The molecule has 1 aromatic carbocycles. The summed E-state index contributed by atoms with van der Waals surface area (Å²) in [6, 6.07) is 5.87. The van der Waals surface area contributed by atoms with Gasteiger partial charge < -0.3 is 29.6 Å². The molecule has 2 amide bonds. The average molecular weight is 564 g/mol. The highest BCUT2D eigenvalue weighted by Crippen LogP contribution is 2.60. The lowest BCUT2D eigenvalue weighted by molar-refractivity contribution is -0.150. The zero-order chi connectivity index (χ0) is 26.4. The Balaban J connectivity index is 1.77. The number of carboxylic acids is 1. The van der Waals surface area contributed by atoms with E-state index in [1.807, 2.05) is 24.3 Å². The topological polar surface area (TPSA) is 111 Å². The average Bonchev–Trinajstić information content (AvgIpc) is 3.46. The number of fused-ring (bicyclic) bond motifs is 1. The summed E-state index contributed by atoms with van der Waals surface area (Å²) in [5.41, 5.74) is 0.377. The SMILES string of the molecule is C=CCN(C(=O)C1N([C@H](C)CO)C(=O)[C@@H]2[C@H](C(=O)O)[C@H]3OC12CC3Br)c1ccc(N(CC)CC)cc1. The Kier molecular flexibility index (Phi) is 7.50. The van der Waals surface area contributed by atoms with Crippen LogP contribution in [-0.4, -0.2) is 87.8 Å². The van der Waals surface area contributed by atoms with Crippen molar-refractivity contribution in [3.05, 3.63) is 36.9 Å². The molecule has 3 aliphatic rings. The van der Waals surface area contributed by atoms with E-state index in [0.29, 0.717) is 12.1 Å². The summed E-state index contributed by atoms with van der Waals surface area (Å²) in [4.78, 5) is 45.0. The number of benzene rings is 1. The maximum Gasteiger partial charge on any atom is 0.310 e. The molecular weight excluding hydrogens is 530 g/mol. The third kappa shape index (κ3) is 3.94. The number of hydrogen-bond acceptors (Lipinski definition) is 6. The number of aliphatic carboxylic acids is 1. The minimum Gasteiger partial charge on any atom is -0.481 e. The molecular formula is C26H34BrN3O6. The van der Waals surface area contributed by atoms with Gasteiger partial charge in [-0.15, -0.1) is 6.58 Å². The maximum atomic E-state index is 14.3. The molecule has 0 radical (unpaired) electrons. The van der Waals surface area contributed by atoms with Crippen molar-refractivity contribution in [1.82, 2.24) is 4.90 Å². The standard InChI is InChI=1S/C26H34BrN3O6/c1-5-12-29(17-10-8-16(9-11-17)28(6-2)7-3)24(33)22-26-13-18(27)21(36-26)19(25(34)35)20(26)23(32)30(22)15(4)14-31/h5,8-11,15,18-22,31H,1,6-7,12-14H2,2-4H3,(H,34,35)/t15-,18?,19+,20+,21+,22?,26?/m1/s1. The summed E-state index contributed by atoms with van der Waals surface area (Å²) in [7, 11) is 0. The molecule has 3 saturated heterocycles. The lowest BCUT2D eigenvalue weighted by Gasteiger charge is -2.38. The van der Waals surface area contributed by atoms with Gasteiger partial charge in [0.25, 0.3) is 5.91 Å². The number of carboxylic acid groups (broad SMARTS) is 1. The van der Waals surface area contributed by atoms with Gasteiger partial charge in [0, 0.05) is 35.8 Å². The van der Waals surface area contributed by atoms with Gasteiger partial charge in [-0.1, -0.05) is 22.0 Å². The van der Waals surface area contributed by atoms with Gasteiger partial charge in [0.05, 0.1) is 30.6 Å². The molecule has 36 heavy (non-hydrogen) atoms.